The first-order chi connectivity index (χ1) is 11.3. The maximum Gasteiger partial charge on any atom is 0.235 e. The second kappa shape index (κ2) is 7.79. The molecule has 3 rings (SSSR count). The summed E-state index contributed by atoms with van der Waals surface area (Å²) in [6.45, 7) is 0.378. The highest BCUT2D eigenvalue weighted by atomic mass is 16.3. The van der Waals surface area contributed by atoms with E-state index in [1.54, 1.807) is 6.08 Å². The molecule has 2 aliphatic rings. The molecule has 0 heterocycles. The van der Waals surface area contributed by atoms with Gasteiger partial charge in [0.25, 0.3) is 0 Å². The van der Waals surface area contributed by atoms with E-state index in [0.29, 0.717) is 24.1 Å². The van der Waals surface area contributed by atoms with Gasteiger partial charge in [-0.05, 0) is 66.3 Å². The molecule has 0 radical (unpaired) electrons. The van der Waals surface area contributed by atoms with E-state index in [0.717, 1.165) is 42.4 Å². The second-order valence-electron chi connectivity index (χ2n) is 7.20. The predicted molar refractivity (Wildman–Crippen MR) is 91.6 cm³/mol. The first kappa shape index (κ1) is 16.3. The third kappa shape index (κ3) is 3.84. The normalized spacial score (nSPS) is 20.2. The molecule has 0 saturated heterocycles. The molecule has 0 atom stereocenters. The molecule has 0 amide bonds. The molecule has 2 fully saturated rings. The number of hydrogen-bond donors (Lipinski definition) is 1. The van der Waals surface area contributed by atoms with Crippen LogP contribution in [0.5, 0.6) is 5.75 Å². The lowest BCUT2D eigenvalue weighted by Gasteiger charge is -2.28. The van der Waals surface area contributed by atoms with Crippen LogP contribution in [0.4, 0.5) is 0 Å². The van der Waals surface area contributed by atoms with Crippen LogP contribution >= 0.6 is 0 Å². The van der Waals surface area contributed by atoms with Crippen molar-refractivity contribution in [1.82, 2.24) is 0 Å². The molecule has 23 heavy (non-hydrogen) atoms. The zero-order valence-electron chi connectivity index (χ0n) is 13.9. The topological polar surface area (TPSA) is 49.7 Å². The average molecular weight is 313 g/mol. The molecule has 2 aliphatic carbocycles. The molecule has 1 N–H and O–H groups in total. The van der Waals surface area contributed by atoms with Crippen molar-refractivity contribution in [2.45, 2.75) is 82.6 Å². The SMILES string of the molecule is O=C=NCc1cc(C2CCCCC2)c(O)c(C2CCCCC2)c1. The average Bonchev–Trinajstić information content (AvgIpc) is 2.62. The van der Waals surface area contributed by atoms with E-state index >= 15 is 0 Å². The molecule has 0 aromatic heterocycles. The number of hydrogen-bond acceptors (Lipinski definition) is 3. The van der Waals surface area contributed by atoms with E-state index in [9.17, 15) is 9.90 Å². The number of rotatable bonds is 4. The molecule has 3 heteroatoms. The van der Waals surface area contributed by atoms with Gasteiger partial charge in [0, 0.05) is 0 Å². The van der Waals surface area contributed by atoms with Gasteiger partial charge in [0.2, 0.25) is 6.08 Å². The lowest BCUT2D eigenvalue weighted by Crippen LogP contribution is -2.10. The Morgan fingerprint density at radius 3 is 1.83 bits per heavy atom. The van der Waals surface area contributed by atoms with Gasteiger partial charge in [0.1, 0.15) is 5.75 Å². The van der Waals surface area contributed by atoms with E-state index in [4.69, 9.17) is 0 Å². The summed E-state index contributed by atoms with van der Waals surface area (Å²) in [6, 6.07) is 4.16. The van der Waals surface area contributed by atoms with E-state index < -0.39 is 0 Å². The Hall–Kier alpha value is -1.60. The first-order valence-electron chi connectivity index (χ1n) is 9.19. The Morgan fingerprint density at radius 1 is 0.913 bits per heavy atom. The number of aliphatic imine (C=N–C) groups is 1. The molecule has 0 aliphatic heterocycles. The van der Waals surface area contributed by atoms with Gasteiger partial charge >= 0.3 is 0 Å². The molecule has 0 spiro atoms. The Balaban J connectivity index is 1.96. The third-order valence-electron chi connectivity index (χ3n) is 5.64. The maximum absolute atomic E-state index is 10.9. The minimum atomic E-state index is 0.378. The van der Waals surface area contributed by atoms with E-state index in [2.05, 4.69) is 17.1 Å². The second-order valence-corrected chi connectivity index (χ2v) is 7.20. The van der Waals surface area contributed by atoms with Crippen LogP contribution in [0.1, 0.15) is 92.7 Å². The number of nitrogens with zero attached hydrogens (tertiary/aromatic N) is 1. The minimum Gasteiger partial charge on any atom is -0.507 e. The van der Waals surface area contributed by atoms with Crippen LogP contribution in [0.25, 0.3) is 0 Å². The highest BCUT2D eigenvalue weighted by molar-refractivity contribution is 5.48. The minimum absolute atomic E-state index is 0.378. The van der Waals surface area contributed by atoms with Crippen molar-refractivity contribution < 1.29 is 9.90 Å². The zero-order valence-corrected chi connectivity index (χ0v) is 13.9. The summed E-state index contributed by atoms with van der Waals surface area (Å²) in [7, 11) is 0. The van der Waals surface area contributed by atoms with Crippen LogP contribution in [0, 0.1) is 0 Å². The third-order valence-corrected chi connectivity index (χ3v) is 5.64. The van der Waals surface area contributed by atoms with Crippen molar-refractivity contribution in [3.05, 3.63) is 28.8 Å². The number of benzene rings is 1. The standard InChI is InChI=1S/C20H27NO2/c22-14-21-13-15-11-18(16-7-3-1-4-8-16)20(23)19(12-15)17-9-5-2-6-10-17/h11-12,16-17,23H,1-10,13H2. The van der Waals surface area contributed by atoms with Gasteiger partial charge in [-0.25, -0.2) is 9.79 Å². The predicted octanol–water partition coefficient (Wildman–Crippen LogP) is 5.32. The summed E-state index contributed by atoms with van der Waals surface area (Å²) in [6.07, 6.45) is 13.9. The molecule has 2 saturated carbocycles. The van der Waals surface area contributed by atoms with Crippen LogP contribution < -0.4 is 0 Å². The van der Waals surface area contributed by atoms with Crippen LogP contribution in [0.3, 0.4) is 0 Å². The number of phenolic OH excluding ortho intramolecular Hbond substituents is 1. The van der Waals surface area contributed by atoms with Crippen molar-refractivity contribution in [3.8, 4) is 5.75 Å². The van der Waals surface area contributed by atoms with Crippen molar-refractivity contribution in [3.63, 3.8) is 0 Å². The Bertz CT molecular complexity index is 538. The van der Waals surface area contributed by atoms with Crippen LogP contribution in [0.15, 0.2) is 17.1 Å². The van der Waals surface area contributed by atoms with Gasteiger partial charge in [-0.2, -0.15) is 0 Å². The molecule has 0 unspecified atom stereocenters. The molecule has 1 aromatic rings. The molecular formula is C20H27NO2. The molecule has 0 bridgehead atoms. The fraction of sp³-hybridized carbons (Fsp3) is 0.650. The summed E-state index contributed by atoms with van der Waals surface area (Å²) >= 11 is 0. The monoisotopic (exact) mass is 313 g/mol. The Morgan fingerprint density at radius 2 is 1.39 bits per heavy atom. The molecular weight excluding hydrogens is 286 g/mol. The van der Waals surface area contributed by atoms with Gasteiger partial charge in [0.05, 0.1) is 6.54 Å². The first-order valence-corrected chi connectivity index (χ1v) is 9.19. The van der Waals surface area contributed by atoms with Crippen molar-refractivity contribution in [2.75, 3.05) is 0 Å². The highest BCUT2D eigenvalue weighted by Gasteiger charge is 2.25. The molecule has 1 aromatic carbocycles. The fourth-order valence-electron chi connectivity index (χ4n) is 4.41. The number of aromatic hydroxyl groups is 1. The lowest BCUT2D eigenvalue weighted by molar-refractivity contribution is 0.392. The van der Waals surface area contributed by atoms with Gasteiger partial charge < -0.3 is 5.11 Å². The quantitative estimate of drug-likeness (QED) is 0.604. The van der Waals surface area contributed by atoms with E-state index in [-0.39, 0.29) is 0 Å². The van der Waals surface area contributed by atoms with E-state index in [1.165, 1.54) is 38.5 Å². The van der Waals surface area contributed by atoms with Gasteiger partial charge in [0.15, 0.2) is 0 Å². The van der Waals surface area contributed by atoms with Crippen molar-refractivity contribution in [1.29, 1.82) is 0 Å². The number of phenols is 1. The number of carbonyl (C=O) groups excluding carboxylic acids is 1. The summed E-state index contributed by atoms with van der Waals surface area (Å²) < 4.78 is 0. The highest BCUT2D eigenvalue weighted by Crippen LogP contribution is 2.44. The van der Waals surface area contributed by atoms with Gasteiger partial charge in [-0.15, -0.1) is 0 Å². The van der Waals surface area contributed by atoms with Gasteiger partial charge in [-0.1, -0.05) is 38.5 Å². The number of isocyanates is 1. The van der Waals surface area contributed by atoms with Crippen LogP contribution in [0.2, 0.25) is 0 Å². The van der Waals surface area contributed by atoms with Crippen molar-refractivity contribution >= 4 is 6.08 Å². The zero-order chi connectivity index (χ0) is 16.1. The maximum atomic E-state index is 10.9. The van der Waals surface area contributed by atoms with Crippen LogP contribution in [-0.4, -0.2) is 11.2 Å². The molecule has 124 valence electrons. The lowest BCUT2D eigenvalue weighted by atomic mass is 9.78. The smallest absolute Gasteiger partial charge is 0.235 e. The fourth-order valence-corrected chi connectivity index (χ4v) is 4.41. The summed E-state index contributed by atoms with van der Waals surface area (Å²) in [5.74, 6) is 1.46. The summed E-state index contributed by atoms with van der Waals surface area (Å²) in [5, 5.41) is 10.9. The van der Waals surface area contributed by atoms with Gasteiger partial charge in [-0.3, -0.25) is 0 Å². The summed E-state index contributed by atoms with van der Waals surface area (Å²) in [5.41, 5.74) is 3.25. The van der Waals surface area contributed by atoms with Crippen LogP contribution in [-0.2, 0) is 11.3 Å². The summed E-state index contributed by atoms with van der Waals surface area (Å²) in [4.78, 5) is 14.2. The Labute approximate surface area is 138 Å². The largest absolute Gasteiger partial charge is 0.507 e. The van der Waals surface area contributed by atoms with E-state index in [1.807, 2.05) is 0 Å². The van der Waals surface area contributed by atoms with Crippen molar-refractivity contribution in [2.24, 2.45) is 4.99 Å². The Kier molecular flexibility index (Phi) is 5.51. The molecule has 3 nitrogen and oxygen atoms in total.